The Bertz CT molecular complexity index is 459. The first-order valence-electron chi connectivity index (χ1n) is 4.51. The number of nitrogens with zero attached hydrogens (tertiary/aromatic N) is 2. The molecule has 0 aliphatic rings. The predicted molar refractivity (Wildman–Crippen MR) is 58.3 cm³/mol. The van der Waals surface area contributed by atoms with Gasteiger partial charge >= 0.3 is 0 Å². The van der Waals surface area contributed by atoms with Crippen molar-refractivity contribution in [3.63, 3.8) is 0 Å². The molecule has 5 heteroatoms. The van der Waals surface area contributed by atoms with Gasteiger partial charge in [-0.3, -0.25) is 4.68 Å². The van der Waals surface area contributed by atoms with E-state index >= 15 is 0 Å². The van der Waals surface area contributed by atoms with Crippen LogP contribution in [0.1, 0.15) is 5.56 Å². The number of benzene rings is 1. The first kappa shape index (κ1) is 9.39. The van der Waals surface area contributed by atoms with E-state index in [0.29, 0.717) is 12.2 Å². The number of rotatable bonds is 2. The summed E-state index contributed by atoms with van der Waals surface area (Å²) in [4.78, 5) is 0. The van der Waals surface area contributed by atoms with Gasteiger partial charge in [-0.1, -0.05) is 12.1 Å². The van der Waals surface area contributed by atoms with Crippen LogP contribution >= 0.6 is 0 Å². The van der Waals surface area contributed by atoms with E-state index in [4.69, 9.17) is 11.5 Å². The second-order valence-corrected chi connectivity index (χ2v) is 3.34. The Hall–Kier alpha value is -2.17. The van der Waals surface area contributed by atoms with Gasteiger partial charge in [0.25, 0.3) is 0 Å². The molecule has 0 unspecified atom stereocenters. The van der Waals surface area contributed by atoms with Gasteiger partial charge in [-0.15, -0.1) is 0 Å². The summed E-state index contributed by atoms with van der Waals surface area (Å²) in [5.74, 6) is 0.137. The molecule has 1 aromatic heterocycles. The normalized spacial score (nSPS) is 10.4. The Balaban J connectivity index is 2.22. The maximum absolute atomic E-state index is 9.24. The van der Waals surface area contributed by atoms with Crippen LogP contribution in [0.15, 0.2) is 30.5 Å². The molecule has 5 N–H and O–H groups in total. The zero-order chi connectivity index (χ0) is 10.8. The molecular formula is C10H12N4O. The maximum Gasteiger partial charge on any atom is 0.187 e. The van der Waals surface area contributed by atoms with Crippen molar-refractivity contribution in [1.29, 1.82) is 0 Å². The standard InChI is InChI=1S/C10H12N4O/c11-8-3-1-2-7(4-8)5-14-6-9(15)10(12)13-14/h1-4,6,15H,5,11H2,(H2,12,13). The third-order valence-electron chi connectivity index (χ3n) is 2.07. The lowest BCUT2D eigenvalue weighted by Gasteiger charge is -2.02. The predicted octanol–water partition coefficient (Wildman–Crippen LogP) is 0.801. The van der Waals surface area contributed by atoms with Gasteiger partial charge in [-0.05, 0) is 17.7 Å². The van der Waals surface area contributed by atoms with Gasteiger partial charge in [0.2, 0.25) is 0 Å². The lowest BCUT2D eigenvalue weighted by Crippen LogP contribution is -2.01. The fourth-order valence-corrected chi connectivity index (χ4v) is 1.39. The molecule has 0 spiro atoms. The summed E-state index contributed by atoms with van der Waals surface area (Å²) in [5, 5.41) is 13.2. The average Bonchev–Trinajstić information content (AvgIpc) is 2.45. The van der Waals surface area contributed by atoms with Crippen molar-refractivity contribution in [1.82, 2.24) is 9.78 Å². The highest BCUT2D eigenvalue weighted by atomic mass is 16.3. The molecule has 2 aromatic rings. The summed E-state index contributed by atoms with van der Waals surface area (Å²) in [7, 11) is 0. The monoisotopic (exact) mass is 204 g/mol. The molecule has 0 radical (unpaired) electrons. The highest BCUT2D eigenvalue weighted by molar-refractivity contribution is 5.43. The number of anilines is 2. The van der Waals surface area contributed by atoms with Gasteiger partial charge in [0.1, 0.15) is 0 Å². The molecular weight excluding hydrogens is 192 g/mol. The van der Waals surface area contributed by atoms with Crippen molar-refractivity contribution >= 4 is 11.5 Å². The van der Waals surface area contributed by atoms with Gasteiger partial charge in [0.15, 0.2) is 11.6 Å². The quantitative estimate of drug-likeness (QED) is 0.631. The summed E-state index contributed by atoms with van der Waals surface area (Å²) in [6, 6.07) is 7.48. The number of aromatic nitrogens is 2. The second kappa shape index (κ2) is 3.53. The molecule has 0 saturated carbocycles. The zero-order valence-corrected chi connectivity index (χ0v) is 8.09. The van der Waals surface area contributed by atoms with E-state index in [1.807, 2.05) is 24.3 Å². The molecule has 5 nitrogen and oxygen atoms in total. The van der Waals surface area contributed by atoms with E-state index in [2.05, 4.69) is 5.10 Å². The molecule has 0 aliphatic heterocycles. The fraction of sp³-hybridized carbons (Fsp3) is 0.100. The van der Waals surface area contributed by atoms with Crippen molar-refractivity contribution in [2.45, 2.75) is 6.54 Å². The summed E-state index contributed by atoms with van der Waals surface area (Å²) in [6.07, 6.45) is 1.48. The van der Waals surface area contributed by atoms with Crippen LogP contribution < -0.4 is 11.5 Å². The number of nitrogen functional groups attached to an aromatic ring is 2. The van der Waals surface area contributed by atoms with Crippen LogP contribution in [0.2, 0.25) is 0 Å². The van der Waals surface area contributed by atoms with Crippen molar-refractivity contribution in [3.8, 4) is 5.75 Å². The van der Waals surface area contributed by atoms with Crippen molar-refractivity contribution in [2.75, 3.05) is 11.5 Å². The van der Waals surface area contributed by atoms with Gasteiger partial charge in [0.05, 0.1) is 12.7 Å². The Morgan fingerprint density at radius 2 is 2.13 bits per heavy atom. The minimum absolute atomic E-state index is 0.00102. The summed E-state index contributed by atoms with van der Waals surface area (Å²) >= 11 is 0. The van der Waals surface area contributed by atoms with Crippen LogP contribution in [0.4, 0.5) is 11.5 Å². The first-order chi connectivity index (χ1) is 7.15. The number of aromatic hydroxyl groups is 1. The molecule has 1 heterocycles. The number of hydrogen-bond acceptors (Lipinski definition) is 4. The fourth-order valence-electron chi connectivity index (χ4n) is 1.39. The van der Waals surface area contributed by atoms with Gasteiger partial charge in [0, 0.05) is 5.69 Å². The van der Waals surface area contributed by atoms with E-state index in [1.54, 1.807) is 4.68 Å². The molecule has 15 heavy (non-hydrogen) atoms. The molecule has 1 aromatic carbocycles. The van der Waals surface area contributed by atoms with Crippen LogP contribution in [0.25, 0.3) is 0 Å². The Morgan fingerprint density at radius 3 is 2.73 bits per heavy atom. The topological polar surface area (TPSA) is 90.1 Å². The lowest BCUT2D eigenvalue weighted by molar-refractivity contribution is 0.476. The molecule has 0 bridgehead atoms. The van der Waals surface area contributed by atoms with E-state index in [-0.39, 0.29) is 11.6 Å². The summed E-state index contributed by atoms with van der Waals surface area (Å²) in [5.41, 5.74) is 12.8. The SMILES string of the molecule is Nc1cccc(Cn2cc(O)c(N)n2)c1. The molecule has 2 rings (SSSR count). The zero-order valence-electron chi connectivity index (χ0n) is 8.09. The second-order valence-electron chi connectivity index (χ2n) is 3.34. The van der Waals surface area contributed by atoms with Crippen molar-refractivity contribution < 1.29 is 5.11 Å². The third kappa shape index (κ3) is 2.01. The van der Waals surface area contributed by atoms with Crippen LogP contribution in [0, 0.1) is 0 Å². The third-order valence-corrected chi connectivity index (χ3v) is 2.07. The van der Waals surface area contributed by atoms with Crippen molar-refractivity contribution in [3.05, 3.63) is 36.0 Å². The van der Waals surface area contributed by atoms with E-state index in [0.717, 1.165) is 5.56 Å². The minimum Gasteiger partial charge on any atom is -0.503 e. The number of nitrogens with two attached hydrogens (primary N) is 2. The number of hydrogen-bond donors (Lipinski definition) is 3. The van der Waals surface area contributed by atoms with Gasteiger partial charge in [-0.2, -0.15) is 5.10 Å². The minimum atomic E-state index is -0.00102. The van der Waals surface area contributed by atoms with E-state index < -0.39 is 0 Å². The Kier molecular flexibility index (Phi) is 2.21. The van der Waals surface area contributed by atoms with E-state index in [1.165, 1.54) is 6.20 Å². The molecule has 78 valence electrons. The molecule has 0 aliphatic carbocycles. The smallest absolute Gasteiger partial charge is 0.187 e. The Morgan fingerprint density at radius 1 is 1.33 bits per heavy atom. The molecule has 0 amide bonds. The average molecular weight is 204 g/mol. The summed E-state index contributed by atoms with van der Waals surface area (Å²) in [6.45, 7) is 0.538. The highest BCUT2D eigenvalue weighted by Gasteiger charge is 2.03. The lowest BCUT2D eigenvalue weighted by atomic mass is 10.2. The molecule has 0 saturated heterocycles. The van der Waals surface area contributed by atoms with Gasteiger partial charge in [-0.25, -0.2) is 0 Å². The largest absolute Gasteiger partial charge is 0.503 e. The van der Waals surface area contributed by atoms with Crippen LogP contribution in [-0.4, -0.2) is 14.9 Å². The van der Waals surface area contributed by atoms with E-state index in [9.17, 15) is 5.11 Å². The highest BCUT2D eigenvalue weighted by Crippen LogP contribution is 2.17. The molecule has 0 fully saturated rings. The van der Waals surface area contributed by atoms with Crippen LogP contribution in [0.5, 0.6) is 5.75 Å². The molecule has 0 atom stereocenters. The van der Waals surface area contributed by atoms with Gasteiger partial charge < -0.3 is 16.6 Å². The first-order valence-corrected chi connectivity index (χ1v) is 4.51. The Labute approximate surface area is 86.9 Å². The maximum atomic E-state index is 9.24. The summed E-state index contributed by atoms with van der Waals surface area (Å²) < 4.78 is 1.57. The van der Waals surface area contributed by atoms with Crippen LogP contribution in [0.3, 0.4) is 0 Å². The van der Waals surface area contributed by atoms with Crippen LogP contribution in [-0.2, 0) is 6.54 Å². The van der Waals surface area contributed by atoms with Crippen molar-refractivity contribution in [2.24, 2.45) is 0 Å².